The van der Waals surface area contributed by atoms with Crippen molar-refractivity contribution in [3.63, 3.8) is 0 Å². The Kier molecular flexibility index (Phi) is 4.87. The second-order valence-corrected chi connectivity index (χ2v) is 3.43. The van der Waals surface area contributed by atoms with Crippen LogP contribution >= 0.6 is 0 Å². The molecule has 1 heterocycles. The summed E-state index contributed by atoms with van der Waals surface area (Å²) in [6.45, 7) is 1.79. The van der Waals surface area contributed by atoms with Gasteiger partial charge in [-0.1, -0.05) is 24.3 Å². The molecule has 80 valence electrons. The standard InChI is InChI=1S/C11H18O3/c1-2-5-9-6-3-4-7-10(13)11(8-12)14-9/h2-5,9-13H,6-8H2,1H3/b4-3-,5-2+. The van der Waals surface area contributed by atoms with Crippen molar-refractivity contribution in [2.24, 2.45) is 0 Å². The summed E-state index contributed by atoms with van der Waals surface area (Å²) in [7, 11) is 0. The van der Waals surface area contributed by atoms with Gasteiger partial charge in [0, 0.05) is 0 Å². The Labute approximate surface area is 84.7 Å². The molecule has 1 aliphatic rings. The molecule has 0 aromatic carbocycles. The van der Waals surface area contributed by atoms with Crippen LogP contribution in [-0.4, -0.2) is 35.1 Å². The molecular formula is C11H18O3. The van der Waals surface area contributed by atoms with Crippen LogP contribution in [0.2, 0.25) is 0 Å². The Morgan fingerprint density at radius 1 is 1.43 bits per heavy atom. The molecule has 2 N–H and O–H groups in total. The molecule has 3 nitrogen and oxygen atoms in total. The fourth-order valence-corrected chi connectivity index (χ4v) is 1.49. The topological polar surface area (TPSA) is 49.7 Å². The lowest BCUT2D eigenvalue weighted by molar-refractivity contribution is -0.0838. The number of hydrogen-bond acceptors (Lipinski definition) is 3. The summed E-state index contributed by atoms with van der Waals surface area (Å²) < 4.78 is 5.56. The van der Waals surface area contributed by atoms with Gasteiger partial charge in [0.25, 0.3) is 0 Å². The highest BCUT2D eigenvalue weighted by atomic mass is 16.5. The van der Waals surface area contributed by atoms with Gasteiger partial charge in [-0.05, 0) is 19.8 Å². The molecule has 1 rings (SSSR count). The molecule has 0 aliphatic carbocycles. The van der Waals surface area contributed by atoms with E-state index in [-0.39, 0.29) is 12.7 Å². The molecular weight excluding hydrogens is 180 g/mol. The van der Waals surface area contributed by atoms with Crippen molar-refractivity contribution in [3.05, 3.63) is 24.3 Å². The van der Waals surface area contributed by atoms with Crippen LogP contribution in [-0.2, 0) is 4.74 Å². The summed E-state index contributed by atoms with van der Waals surface area (Å²) in [5.41, 5.74) is 0. The van der Waals surface area contributed by atoms with Crippen molar-refractivity contribution in [2.75, 3.05) is 6.61 Å². The van der Waals surface area contributed by atoms with Crippen LogP contribution in [0, 0.1) is 0 Å². The highest BCUT2D eigenvalue weighted by molar-refractivity contribution is 4.98. The largest absolute Gasteiger partial charge is 0.394 e. The van der Waals surface area contributed by atoms with Gasteiger partial charge in [-0.2, -0.15) is 0 Å². The maximum atomic E-state index is 9.60. The minimum atomic E-state index is -0.607. The first-order chi connectivity index (χ1) is 6.77. The van der Waals surface area contributed by atoms with E-state index in [2.05, 4.69) is 0 Å². The number of hydrogen-bond donors (Lipinski definition) is 2. The van der Waals surface area contributed by atoms with Gasteiger partial charge in [-0.25, -0.2) is 0 Å². The zero-order valence-electron chi connectivity index (χ0n) is 8.47. The first kappa shape index (κ1) is 11.4. The first-order valence-corrected chi connectivity index (χ1v) is 5.00. The van der Waals surface area contributed by atoms with Crippen LogP contribution in [0.1, 0.15) is 19.8 Å². The van der Waals surface area contributed by atoms with E-state index in [1.807, 2.05) is 31.2 Å². The molecule has 3 unspecified atom stereocenters. The van der Waals surface area contributed by atoms with Gasteiger partial charge < -0.3 is 14.9 Å². The average molecular weight is 198 g/mol. The van der Waals surface area contributed by atoms with E-state index >= 15 is 0 Å². The smallest absolute Gasteiger partial charge is 0.107 e. The van der Waals surface area contributed by atoms with Gasteiger partial charge in [0.2, 0.25) is 0 Å². The van der Waals surface area contributed by atoms with Gasteiger partial charge in [0.15, 0.2) is 0 Å². The molecule has 3 atom stereocenters. The van der Waals surface area contributed by atoms with Crippen molar-refractivity contribution in [1.82, 2.24) is 0 Å². The maximum absolute atomic E-state index is 9.60. The second kappa shape index (κ2) is 5.96. The van der Waals surface area contributed by atoms with E-state index in [9.17, 15) is 5.11 Å². The zero-order chi connectivity index (χ0) is 10.4. The molecule has 0 aromatic heterocycles. The molecule has 0 fully saturated rings. The molecule has 14 heavy (non-hydrogen) atoms. The van der Waals surface area contributed by atoms with Gasteiger partial charge in [0.05, 0.1) is 18.8 Å². The summed E-state index contributed by atoms with van der Waals surface area (Å²) in [4.78, 5) is 0. The van der Waals surface area contributed by atoms with Gasteiger partial charge in [-0.15, -0.1) is 0 Å². The number of allylic oxidation sites excluding steroid dienone is 1. The van der Waals surface area contributed by atoms with E-state index in [0.717, 1.165) is 6.42 Å². The van der Waals surface area contributed by atoms with Crippen LogP contribution in [0.4, 0.5) is 0 Å². The quantitative estimate of drug-likeness (QED) is 0.651. The molecule has 0 aromatic rings. The summed E-state index contributed by atoms with van der Waals surface area (Å²) in [6.07, 6.45) is 8.02. The number of rotatable bonds is 2. The van der Waals surface area contributed by atoms with Crippen molar-refractivity contribution >= 4 is 0 Å². The van der Waals surface area contributed by atoms with Crippen molar-refractivity contribution in [2.45, 2.75) is 38.1 Å². The normalized spacial score (nSPS) is 36.6. The van der Waals surface area contributed by atoms with Crippen molar-refractivity contribution in [1.29, 1.82) is 0 Å². The Morgan fingerprint density at radius 3 is 2.79 bits per heavy atom. The van der Waals surface area contributed by atoms with E-state index in [0.29, 0.717) is 6.42 Å². The molecule has 0 saturated carbocycles. The third-order valence-electron chi connectivity index (χ3n) is 2.28. The van der Waals surface area contributed by atoms with E-state index in [4.69, 9.17) is 9.84 Å². The maximum Gasteiger partial charge on any atom is 0.107 e. The fraction of sp³-hybridized carbons (Fsp3) is 0.636. The molecule has 0 radical (unpaired) electrons. The second-order valence-electron chi connectivity index (χ2n) is 3.43. The van der Waals surface area contributed by atoms with Gasteiger partial charge in [0.1, 0.15) is 6.10 Å². The molecule has 0 amide bonds. The van der Waals surface area contributed by atoms with Crippen molar-refractivity contribution < 1.29 is 14.9 Å². The van der Waals surface area contributed by atoms with E-state index < -0.39 is 12.2 Å². The van der Waals surface area contributed by atoms with Crippen molar-refractivity contribution in [3.8, 4) is 0 Å². The highest BCUT2D eigenvalue weighted by Crippen LogP contribution is 2.14. The Hall–Kier alpha value is -0.640. The number of aliphatic hydroxyl groups is 2. The fourth-order valence-electron chi connectivity index (χ4n) is 1.49. The lowest BCUT2D eigenvalue weighted by atomic mass is 10.1. The lowest BCUT2D eigenvalue weighted by Crippen LogP contribution is -2.36. The van der Waals surface area contributed by atoms with Crippen LogP contribution in [0.5, 0.6) is 0 Å². The van der Waals surface area contributed by atoms with Gasteiger partial charge in [-0.3, -0.25) is 0 Å². The van der Waals surface area contributed by atoms with Crippen LogP contribution in [0.15, 0.2) is 24.3 Å². The lowest BCUT2D eigenvalue weighted by Gasteiger charge is -2.26. The van der Waals surface area contributed by atoms with Crippen LogP contribution in [0.25, 0.3) is 0 Å². The van der Waals surface area contributed by atoms with Gasteiger partial charge >= 0.3 is 0 Å². The Bertz CT molecular complexity index is 211. The molecule has 3 heteroatoms. The monoisotopic (exact) mass is 198 g/mol. The van der Waals surface area contributed by atoms with Crippen LogP contribution in [0.3, 0.4) is 0 Å². The number of ether oxygens (including phenoxy) is 1. The third-order valence-corrected chi connectivity index (χ3v) is 2.28. The minimum absolute atomic E-state index is 0.0386. The molecule has 0 bridgehead atoms. The predicted octanol–water partition coefficient (Wildman–Crippen LogP) is 1.02. The first-order valence-electron chi connectivity index (χ1n) is 5.00. The summed E-state index contributed by atoms with van der Waals surface area (Å²) in [6, 6.07) is 0. The summed E-state index contributed by atoms with van der Waals surface area (Å²) in [5.74, 6) is 0. The van der Waals surface area contributed by atoms with Crippen LogP contribution < -0.4 is 0 Å². The number of aliphatic hydroxyl groups excluding tert-OH is 2. The predicted molar refractivity (Wildman–Crippen MR) is 54.9 cm³/mol. The minimum Gasteiger partial charge on any atom is -0.394 e. The molecule has 1 aliphatic heterocycles. The summed E-state index contributed by atoms with van der Waals surface area (Å²) in [5, 5.41) is 18.6. The average Bonchev–Trinajstić information content (AvgIpc) is 2.17. The SMILES string of the molecule is C/C=C/C1C/C=C\CC(O)C(CO)O1. The summed E-state index contributed by atoms with van der Waals surface area (Å²) >= 11 is 0. The Morgan fingerprint density at radius 2 is 2.14 bits per heavy atom. The third kappa shape index (κ3) is 3.25. The Balaban J connectivity index is 2.63. The zero-order valence-corrected chi connectivity index (χ0v) is 8.47. The molecule has 0 saturated heterocycles. The van der Waals surface area contributed by atoms with E-state index in [1.54, 1.807) is 0 Å². The van der Waals surface area contributed by atoms with E-state index in [1.165, 1.54) is 0 Å². The highest BCUT2D eigenvalue weighted by Gasteiger charge is 2.22. The molecule has 0 spiro atoms.